The first-order valence-corrected chi connectivity index (χ1v) is 21.9. The van der Waals surface area contributed by atoms with E-state index in [1.807, 2.05) is 11.3 Å². The molecule has 0 fully saturated rings. The lowest BCUT2D eigenvalue weighted by Gasteiger charge is -2.29. The number of rotatable bonds is 6. The highest BCUT2D eigenvalue weighted by molar-refractivity contribution is 7.25. The van der Waals surface area contributed by atoms with Crippen LogP contribution in [0.1, 0.15) is 52.7 Å². The maximum Gasteiger partial charge on any atom is 0.0540 e. The number of hydrogen-bond donors (Lipinski definition) is 0. The Balaban J connectivity index is 1.18. The molecular formula is C58H49NS. The predicted octanol–water partition coefficient (Wildman–Crippen LogP) is 17.4. The van der Waals surface area contributed by atoms with Crippen LogP contribution in [-0.4, -0.2) is 0 Å². The molecule has 0 N–H and O–H groups in total. The van der Waals surface area contributed by atoms with Crippen LogP contribution in [0.5, 0.6) is 0 Å². The van der Waals surface area contributed by atoms with Gasteiger partial charge in [-0.25, -0.2) is 0 Å². The average molecular weight is 792 g/mol. The van der Waals surface area contributed by atoms with Crippen molar-refractivity contribution in [2.45, 2.75) is 52.4 Å². The second kappa shape index (κ2) is 14.7. The van der Waals surface area contributed by atoms with Crippen LogP contribution >= 0.6 is 11.3 Å². The van der Waals surface area contributed by atoms with Gasteiger partial charge in [-0.1, -0.05) is 187 Å². The average Bonchev–Trinajstić information content (AvgIpc) is 3.65. The summed E-state index contributed by atoms with van der Waals surface area (Å²) in [4.78, 5) is 2.45. The number of thiophene rings is 1. The van der Waals surface area contributed by atoms with E-state index in [2.05, 4.69) is 234 Å². The summed E-state index contributed by atoms with van der Waals surface area (Å²) in [6.07, 6.45) is 0. The lowest BCUT2D eigenvalue weighted by Crippen LogP contribution is -2.16. The molecule has 0 radical (unpaired) electrons. The molecule has 0 atom stereocenters. The minimum atomic E-state index is 0.00986. The molecule has 0 saturated heterocycles. The van der Waals surface area contributed by atoms with Crippen molar-refractivity contribution in [1.82, 2.24) is 0 Å². The quantitative estimate of drug-likeness (QED) is 0.162. The molecule has 10 aromatic rings. The third-order valence-electron chi connectivity index (χ3n) is 12.1. The Morgan fingerprint density at radius 2 is 0.917 bits per heavy atom. The normalized spacial score (nSPS) is 12.2. The minimum Gasteiger partial charge on any atom is -0.310 e. The fourth-order valence-corrected chi connectivity index (χ4v) is 10.0. The Labute approximate surface area is 358 Å². The third-order valence-corrected chi connectivity index (χ3v) is 13.3. The monoisotopic (exact) mass is 791 g/mol. The molecule has 0 spiro atoms. The van der Waals surface area contributed by atoms with Crippen LogP contribution < -0.4 is 4.90 Å². The fraction of sp³-hybridized carbons (Fsp3) is 0.138. The lowest BCUT2D eigenvalue weighted by atomic mass is 9.78. The van der Waals surface area contributed by atoms with Gasteiger partial charge < -0.3 is 4.90 Å². The van der Waals surface area contributed by atoms with Gasteiger partial charge in [0, 0.05) is 37.1 Å². The highest BCUT2D eigenvalue weighted by Crippen LogP contribution is 2.47. The van der Waals surface area contributed by atoms with E-state index in [0.717, 1.165) is 17.1 Å². The zero-order valence-electron chi connectivity index (χ0n) is 35.3. The zero-order chi connectivity index (χ0) is 41.2. The van der Waals surface area contributed by atoms with Crippen LogP contribution in [0.15, 0.2) is 188 Å². The van der Waals surface area contributed by atoms with Crippen LogP contribution in [0.2, 0.25) is 0 Å². The SMILES string of the molecule is CC(C)(C)c1cc(-c2cccc3cccc(-c4ccccc4N(c4ccc(-c5cccc6sc7ccccc7c56)cc4)c4ccc5ccccc5c4)c23)cc(C(C)(C)C)c1. The molecule has 0 saturated carbocycles. The lowest BCUT2D eigenvalue weighted by molar-refractivity contribution is 0.569. The van der Waals surface area contributed by atoms with Crippen LogP contribution in [0.3, 0.4) is 0 Å². The van der Waals surface area contributed by atoms with Crippen molar-refractivity contribution in [2.75, 3.05) is 4.90 Å². The number of para-hydroxylation sites is 1. The van der Waals surface area contributed by atoms with Crippen molar-refractivity contribution < 1.29 is 0 Å². The van der Waals surface area contributed by atoms with Gasteiger partial charge in [0.2, 0.25) is 0 Å². The Kier molecular flexibility index (Phi) is 9.23. The van der Waals surface area contributed by atoms with Crippen molar-refractivity contribution in [3.8, 4) is 33.4 Å². The second-order valence-corrected chi connectivity index (χ2v) is 19.3. The van der Waals surface area contributed by atoms with Crippen LogP contribution in [0.25, 0.3) is 75.1 Å². The molecule has 0 unspecified atom stereocenters. The van der Waals surface area contributed by atoms with Crippen molar-refractivity contribution >= 4 is 70.1 Å². The van der Waals surface area contributed by atoms with Gasteiger partial charge in [0.1, 0.15) is 0 Å². The van der Waals surface area contributed by atoms with Gasteiger partial charge in [-0.2, -0.15) is 0 Å². The van der Waals surface area contributed by atoms with Gasteiger partial charge in [-0.3, -0.25) is 0 Å². The molecule has 2 heteroatoms. The summed E-state index contributed by atoms with van der Waals surface area (Å²) in [6.45, 7) is 13.9. The van der Waals surface area contributed by atoms with Gasteiger partial charge in [0.05, 0.1) is 5.69 Å². The first-order valence-electron chi connectivity index (χ1n) is 21.1. The molecule has 0 bridgehead atoms. The summed E-state index contributed by atoms with van der Waals surface area (Å²) in [6, 6.07) is 70.0. The number of fused-ring (bicyclic) bond motifs is 5. The Bertz CT molecular complexity index is 3190. The van der Waals surface area contributed by atoms with Crippen molar-refractivity contribution in [1.29, 1.82) is 0 Å². The summed E-state index contributed by atoms with van der Waals surface area (Å²) < 4.78 is 2.64. The number of nitrogens with zero attached hydrogens (tertiary/aromatic N) is 1. The molecule has 0 aliphatic rings. The minimum absolute atomic E-state index is 0.00986. The Hall–Kier alpha value is -6.48. The Morgan fingerprint density at radius 1 is 0.367 bits per heavy atom. The van der Waals surface area contributed by atoms with Gasteiger partial charge in [0.15, 0.2) is 0 Å². The van der Waals surface area contributed by atoms with E-state index in [-0.39, 0.29) is 10.8 Å². The topological polar surface area (TPSA) is 3.24 Å². The van der Waals surface area contributed by atoms with Gasteiger partial charge in [-0.15, -0.1) is 11.3 Å². The summed E-state index contributed by atoms with van der Waals surface area (Å²) in [7, 11) is 0. The molecule has 1 aromatic heterocycles. The summed E-state index contributed by atoms with van der Waals surface area (Å²) in [5.74, 6) is 0. The fourth-order valence-electron chi connectivity index (χ4n) is 8.90. The van der Waals surface area contributed by atoms with E-state index in [4.69, 9.17) is 0 Å². The molecule has 1 nitrogen and oxygen atoms in total. The van der Waals surface area contributed by atoms with E-state index < -0.39 is 0 Å². The standard InChI is InChI=1S/C58H49NS/c1-57(2,3)43-34-42(35-44(37-43)58(4,5)6)48-22-13-18-40-19-14-24-50(55(40)48)49-20-9-11-25-52(49)59(46-33-28-38-16-7-8-17-41(38)36-46)45-31-29-39(30-32-45)47-23-15-27-54-56(47)51-21-10-12-26-53(51)60-54/h7-37H,1-6H3. The molecule has 292 valence electrons. The van der Waals surface area contributed by atoms with Crippen molar-refractivity contribution in [3.05, 3.63) is 199 Å². The van der Waals surface area contributed by atoms with Gasteiger partial charge >= 0.3 is 0 Å². The van der Waals surface area contributed by atoms with Crippen LogP contribution in [0, 0.1) is 0 Å². The number of anilines is 3. The maximum absolute atomic E-state index is 2.45. The third kappa shape index (κ3) is 6.76. The van der Waals surface area contributed by atoms with Gasteiger partial charge in [-0.05, 0) is 114 Å². The highest BCUT2D eigenvalue weighted by atomic mass is 32.1. The molecule has 0 aliphatic heterocycles. The largest absolute Gasteiger partial charge is 0.310 e. The molecular weight excluding hydrogens is 743 g/mol. The first kappa shape index (κ1) is 37.8. The number of benzene rings is 9. The van der Waals surface area contributed by atoms with E-state index in [1.165, 1.54) is 86.2 Å². The first-order chi connectivity index (χ1) is 29.0. The van der Waals surface area contributed by atoms with E-state index in [1.54, 1.807) is 0 Å². The summed E-state index contributed by atoms with van der Waals surface area (Å²) in [5, 5.41) is 7.59. The van der Waals surface area contributed by atoms with E-state index in [9.17, 15) is 0 Å². The summed E-state index contributed by atoms with van der Waals surface area (Å²) >= 11 is 1.87. The predicted molar refractivity (Wildman–Crippen MR) is 263 cm³/mol. The van der Waals surface area contributed by atoms with E-state index in [0.29, 0.717) is 0 Å². The zero-order valence-corrected chi connectivity index (χ0v) is 36.1. The second-order valence-electron chi connectivity index (χ2n) is 18.2. The van der Waals surface area contributed by atoms with Crippen LogP contribution in [0.4, 0.5) is 17.1 Å². The van der Waals surface area contributed by atoms with Crippen LogP contribution in [-0.2, 0) is 10.8 Å². The summed E-state index contributed by atoms with van der Waals surface area (Å²) in [5.41, 5.74) is 13.5. The molecule has 60 heavy (non-hydrogen) atoms. The Morgan fingerprint density at radius 3 is 1.65 bits per heavy atom. The number of hydrogen-bond acceptors (Lipinski definition) is 2. The van der Waals surface area contributed by atoms with Crippen molar-refractivity contribution in [2.24, 2.45) is 0 Å². The molecule has 0 amide bonds. The molecule has 9 aromatic carbocycles. The highest BCUT2D eigenvalue weighted by Gasteiger charge is 2.24. The van der Waals surface area contributed by atoms with Gasteiger partial charge in [0.25, 0.3) is 0 Å². The molecule has 1 heterocycles. The smallest absolute Gasteiger partial charge is 0.0540 e. The maximum atomic E-state index is 2.45. The molecule has 10 rings (SSSR count). The van der Waals surface area contributed by atoms with E-state index >= 15 is 0 Å². The van der Waals surface area contributed by atoms with Crippen molar-refractivity contribution in [3.63, 3.8) is 0 Å². The molecule has 0 aliphatic carbocycles.